The fraction of sp³-hybridized carbons (Fsp3) is 0.353. The van der Waals surface area contributed by atoms with Gasteiger partial charge in [-0.15, -0.1) is 0 Å². The number of nitrogens with one attached hydrogen (secondary N) is 1. The van der Waals surface area contributed by atoms with Crippen LogP contribution in [0.25, 0.3) is 0 Å². The molecule has 2 atom stereocenters. The van der Waals surface area contributed by atoms with E-state index in [1.54, 1.807) is 7.11 Å². The minimum Gasteiger partial charge on any atom is -0.497 e. The van der Waals surface area contributed by atoms with Crippen molar-refractivity contribution in [1.82, 2.24) is 10.3 Å². The molecule has 20 heavy (non-hydrogen) atoms. The normalized spacial score (nSPS) is 18.6. The fourth-order valence-corrected chi connectivity index (χ4v) is 3.18. The highest BCUT2D eigenvalue weighted by molar-refractivity contribution is 5.35. The van der Waals surface area contributed by atoms with E-state index in [2.05, 4.69) is 28.5 Å². The third-order valence-corrected chi connectivity index (χ3v) is 4.19. The Kier molecular flexibility index (Phi) is 3.70. The van der Waals surface area contributed by atoms with Crippen LogP contribution in [0.2, 0.25) is 0 Å². The van der Waals surface area contributed by atoms with Crippen LogP contribution in [0.1, 0.15) is 35.2 Å². The molecule has 0 fully saturated rings. The molecule has 0 saturated carbocycles. The van der Waals surface area contributed by atoms with E-state index in [1.165, 1.54) is 16.8 Å². The van der Waals surface area contributed by atoms with Crippen LogP contribution in [0.3, 0.4) is 0 Å². The van der Waals surface area contributed by atoms with Gasteiger partial charge in [0.15, 0.2) is 0 Å². The van der Waals surface area contributed by atoms with E-state index < -0.39 is 0 Å². The third kappa shape index (κ3) is 2.29. The largest absolute Gasteiger partial charge is 0.497 e. The molecule has 1 aliphatic carbocycles. The number of hydrogen-bond donors (Lipinski definition) is 1. The van der Waals surface area contributed by atoms with Gasteiger partial charge in [-0.25, -0.2) is 0 Å². The zero-order valence-electron chi connectivity index (χ0n) is 12.0. The fourth-order valence-electron chi connectivity index (χ4n) is 3.18. The average molecular weight is 268 g/mol. The summed E-state index contributed by atoms with van der Waals surface area (Å²) < 4.78 is 5.23. The standard InChI is InChI=1S/C17H20N2O/c1-18-16(13-5-8-14(20-2)9-6-13)15-10-7-12-4-3-11-19-17(12)15/h3-6,8-9,11,15-16,18H,7,10H2,1-2H3. The molecule has 104 valence electrons. The lowest BCUT2D eigenvalue weighted by atomic mass is 9.91. The Bertz CT molecular complexity index is 580. The monoisotopic (exact) mass is 268 g/mol. The Morgan fingerprint density at radius 1 is 1.25 bits per heavy atom. The predicted molar refractivity (Wildman–Crippen MR) is 80.1 cm³/mol. The van der Waals surface area contributed by atoms with Gasteiger partial charge in [-0.05, 0) is 49.2 Å². The summed E-state index contributed by atoms with van der Waals surface area (Å²) in [6.45, 7) is 0. The maximum atomic E-state index is 5.23. The molecule has 1 N–H and O–H groups in total. The zero-order valence-corrected chi connectivity index (χ0v) is 12.0. The number of pyridine rings is 1. The van der Waals surface area contributed by atoms with Gasteiger partial charge in [-0.3, -0.25) is 4.98 Å². The molecule has 3 nitrogen and oxygen atoms in total. The second-order valence-electron chi connectivity index (χ2n) is 5.23. The highest BCUT2D eigenvalue weighted by Crippen LogP contribution is 2.40. The maximum absolute atomic E-state index is 5.23. The van der Waals surface area contributed by atoms with Gasteiger partial charge in [-0.1, -0.05) is 18.2 Å². The molecule has 0 amide bonds. The zero-order chi connectivity index (χ0) is 13.9. The molecular weight excluding hydrogens is 248 g/mol. The Balaban J connectivity index is 1.90. The number of aryl methyl sites for hydroxylation is 1. The molecule has 2 unspecified atom stereocenters. The first-order chi connectivity index (χ1) is 9.83. The topological polar surface area (TPSA) is 34.1 Å². The van der Waals surface area contributed by atoms with E-state index in [0.717, 1.165) is 18.6 Å². The maximum Gasteiger partial charge on any atom is 0.118 e. The average Bonchev–Trinajstić information content (AvgIpc) is 2.93. The van der Waals surface area contributed by atoms with Gasteiger partial charge in [0.05, 0.1) is 7.11 Å². The molecule has 1 aromatic heterocycles. The van der Waals surface area contributed by atoms with Crippen LogP contribution in [0, 0.1) is 0 Å². The third-order valence-electron chi connectivity index (χ3n) is 4.19. The summed E-state index contributed by atoms with van der Waals surface area (Å²) in [7, 11) is 3.72. The minimum absolute atomic E-state index is 0.303. The number of fused-ring (bicyclic) bond motifs is 1. The van der Waals surface area contributed by atoms with Crippen molar-refractivity contribution < 1.29 is 4.74 Å². The Morgan fingerprint density at radius 2 is 2.05 bits per heavy atom. The highest BCUT2D eigenvalue weighted by atomic mass is 16.5. The second-order valence-corrected chi connectivity index (χ2v) is 5.23. The highest BCUT2D eigenvalue weighted by Gasteiger charge is 2.30. The first-order valence-electron chi connectivity index (χ1n) is 7.08. The molecular formula is C17H20N2O. The summed E-state index contributed by atoms with van der Waals surface area (Å²) in [6.07, 6.45) is 4.18. The van der Waals surface area contributed by atoms with Gasteiger partial charge >= 0.3 is 0 Å². The molecule has 0 radical (unpaired) electrons. The van der Waals surface area contributed by atoms with Crippen LogP contribution in [-0.4, -0.2) is 19.1 Å². The SMILES string of the molecule is CNC(c1ccc(OC)cc1)C1CCc2cccnc21. The van der Waals surface area contributed by atoms with Crippen molar-refractivity contribution in [1.29, 1.82) is 0 Å². The van der Waals surface area contributed by atoms with Crippen LogP contribution in [0.5, 0.6) is 5.75 Å². The number of methoxy groups -OCH3 is 1. The molecule has 0 saturated heterocycles. The van der Waals surface area contributed by atoms with Crippen LogP contribution in [-0.2, 0) is 6.42 Å². The van der Waals surface area contributed by atoms with Gasteiger partial charge < -0.3 is 10.1 Å². The van der Waals surface area contributed by atoms with E-state index in [4.69, 9.17) is 4.74 Å². The minimum atomic E-state index is 0.303. The molecule has 2 aromatic rings. The van der Waals surface area contributed by atoms with Crippen LogP contribution < -0.4 is 10.1 Å². The van der Waals surface area contributed by atoms with E-state index >= 15 is 0 Å². The lowest BCUT2D eigenvalue weighted by Gasteiger charge is -2.24. The number of hydrogen-bond acceptors (Lipinski definition) is 3. The van der Waals surface area contributed by atoms with Crippen molar-refractivity contribution >= 4 is 0 Å². The van der Waals surface area contributed by atoms with Gasteiger partial charge in [-0.2, -0.15) is 0 Å². The summed E-state index contributed by atoms with van der Waals surface area (Å²) >= 11 is 0. The summed E-state index contributed by atoms with van der Waals surface area (Å²) in [5.74, 6) is 1.35. The van der Waals surface area contributed by atoms with Gasteiger partial charge in [0.25, 0.3) is 0 Å². The Hall–Kier alpha value is -1.87. The molecule has 3 rings (SSSR count). The van der Waals surface area contributed by atoms with E-state index in [-0.39, 0.29) is 0 Å². The number of aromatic nitrogens is 1. The lowest BCUT2D eigenvalue weighted by molar-refractivity contribution is 0.413. The lowest BCUT2D eigenvalue weighted by Crippen LogP contribution is -2.23. The van der Waals surface area contributed by atoms with Crippen molar-refractivity contribution in [2.45, 2.75) is 24.8 Å². The van der Waals surface area contributed by atoms with Crippen molar-refractivity contribution in [3.05, 3.63) is 59.4 Å². The number of likely N-dealkylation sites (N-methyl/N-ethyl adjacent to an activating group) is 1. The van der Waals surface area contributed by atoms with Crippen LogP contribution in [0.4, 0.5) is 0 Å². The molecule has 1 aromatic carbocycles. The molecule has 1 aliphatic rings. The van der Waals surface area contributed by atoms with Crippen molar-refractivity contribution in [3.8, 4) is 5.75 Å². The van der Waals surface area contributed by atoms with E-state index in [1.807, 2.05) is 31.4 Å². The molecule has 3 heteroatoms. The number of rotatable bonds is 4. The second kappa shape index (κ2) is 5.63. The number of benzene rings is 1. The van der Waals surface area contributed by atoms with Gasteiger partial charge in [0.2, 0.25) is 0 Å². The first kappa shape index (κ1) is 13.1. The number of ether oxygens (including phenoxy) is 1. The molecule has 0 aliphatic heterocycles. The quantitative estimate of drug-likeness (QED) is 0.925. The Labute approximate surface area is 120 Å². The summed E-state index contributed by atoms with van der Waals surface area (Å²) in [6, 6.07) is 12.9. The van der Waals surface area contributed by atoms with Crippen molar-refractivity contribution in [2.75, 3.05) is 14.2 Å². The van der Waals surface area contributed by atoms with Gasteiger partial charge in [0, 0.05) is 23.9 Å². The van der Waals surface area contributed by atoms with Crippen LogP contribution in [0.15, 0.2) is 42.6 Å². The molecule has 1 heterocycles. The predicted octanol–water partition coefficient (Wildman–Crippen LogP) is 3.08. The Morgan fingerprint density at radius 3 is 2.75 bits per heavy atom. The van der Waals surface area contributed by atoms with Crippen molar-refractivity contribution in [3.63, 3.8) is 0 Å². The number of nitrogens with zero attached hydrogens (tertiary/aromatic N) is 1. The molecule has 0 spiro atoms. The summed E-state index contributed by atoms with van der Waals surface area (Å²) in [4.78, 5) is 4.60. The summed E-state index contributed by atoms with van der Waals surface area (Å²) in [5.41, 5.74) is 3.94. The summed E-state index contributed by atoms with van der Waals surface area (Å²) in [5, 5.41) is 3.46. The van der Waals surface area contributed by atoms with Gasteiger partial charge in [0.1, 0.15) is 5.75 Å². The van der Waals surface area contributed by atoms with E-state index in [0.29, 0.717) is 12.0 Å². The van der Waals surface area contributed by atoms with Crippen molar-refractivity contribution in [2.24, 2.45) is 0 Å². The van der Waals surface area contributed by atoms with Crippen LogP contribution >= 0.6 is 0 Å². The van der Waals surface area contributed by atoms with E-state index in [9.17, 15) is 0 Å². The smallest absolute Gasteiger partial charge is 0.118 e. The molecule has 0 bridgehead atoms. The first-order valence-corrected chi connectivity index (χ1v) is 7.08.